The molecule has 1 amide bonds. The Bertz CT molecular complexity index is 556. The lowest BCUT2D eigenvalue weighted by Gasteiger charge is -2.32. The molecule has 0 bridgehead atoms. The second-order valence-corrected chi connectivity index (χ2v) is 6.10. The Morgan fingerprint density at radius 2 is 2.40 bits per heavy atom. The number of rotatable bonds is 3. The maximum Gasteiger partial charge on any atom is 0.227 e. The molecule has 0 spiro atoms. The van der Waals surface area contributed by atoms with E-state index in [0.717, 1.165) is 36.5 Å². The van der Waals surface area contributed by atoms with Crippen LogP contribution in [0.25, 0.3) is 0 Å². The Balaban J connectivity index is 1.64. The lowest BCUT2D eigenvalue weighted by Crippen LogP contribution is -2.40. The third-order valence-corrected chi connectivity index (χ3v) is 4.58. The molecule has 3 heterocycles. The fraction of sp³-hybridized carbons (Fsp3) is 0.400. The summed E-state index contributed by atoms with van der Waals surface area (Å²) in [7, 11) is 0. The molecule has 1 aliphatic heterocycles. The van der Waals surface area contributed by atoms with Crippen molar-refractivity contribution >= 4 is 17.2 Å². The summed E-state index contributed by atoms with van der Waals surface area (Å²) in [6, 6.07) is 5.97. The Labute approximate surface area is 122 Å². The van der Waals surface area contributed by atoms with Gasteiger partial charge in [-0.25, -0.2) is 9.97 Å². The summed E-state index contributed by atoms with van der Waals surface area (Å²) in [5, 5.41) is 2.02. The minimum Gasteiger partial charge on any atom is -0.342 e. The highest BCUT2D eigenvalue weighted by molar-refractivity contribution is 7.10. The average molecular weight is 287 g/mol. The van der Waals surface area contributed by atoms with Crippen LogP contribution < -0.4 is 0 Å². The molecule has 20 heavy (non-hydrogen) atoms. The molecule has 4 nitrogen and oxygen atoms in total. The van der Waals surface area contributed by atoms with Crippen LogP contribution in [0, 0.1) is 0 Å². The number of amides is 1. The molecule has 1 fully saturated rings. The van der Waals surface area contributed by atoms with Gasteiger partial charge in [0, 0.05) is 35.8 Å². The standard InChI is InChI=1S/C15H17N3OS/c19-15(9-13-4-2-8-20-13)18-7-1-3-12(10-18)14-5-6-16-11-17-14/h2,4-6,8,11-12H,1,3,7,9-10H2. The predicted octanol–water partition coefficient (Wildman–Crippen LogP) is 2.49. The first-order chi connectivity index (χ1) is 9.83. The van der Waals surface area contributed by atoms with Crippen LogP contribution in [0.5, 0.6) is 0 Å². The van der Waals surface area contributed by atoms with E-state index in [2.05, 4.69) is 9.97 Å². The number of carbonyl (C=O) groups excluding carboxylic acids is 1. The molecule has 1 saturated heterocycles. The number of aromatic nitrogens is 2. The van der Waals surface area contributed by atoms with E-state index < -0.39 is 0 Å². The van der Waals surface area contributed by atoms with Gasteiger partial charge in [0.1, 0.15) is 6.33 Å². The van der Waals surface area contributed by atoms with Gasteiger partial charge < -0.3 is 4.90 Å². The van der Waals surface area contributed by atoms with Crippen molar-refractivity contribution in [3.05, 3.63) is 46.7 Å². The topological polar surface area (TPSA) is 46.1 Å². The summed E-state index contributed by atoms with van der Waals surface area (Å²) in [5.41, 5.74) is 1.05. The van der Waals surface area contributed by atoms with Gasteiger partial charge >= 0.3 is 0 Å². The molecule has 5 heteroatoms. The highest BCUT2D eigenvalue weighted by Gasteiger charge is 2.25. The quantitative estimate of drug-likeness (QED) is 0.871. The van der Waals surface area contributed by atoms with Crippen LogP contribution in [0.2, 0.25) is 0 Å². The van der Waals surface area contributed by atoms with Crippen LogP contribution in [-0.4, -0.2) is 33.9 Å². The van der Waals surface area contributed by atoms with E-state index in [1.165, 1.54) is 0 Å². The second-order valence-electron chi connectivity index (χ2n) is 5.07. The molecule has 1 atom stereocenters. The minimum atomic E-state index is 0.228. The molecular formula is C15H17N3OS. The minimum absolute atomic E-state index is 0.228. The number of hydrogen-bond acceptors (Lipinski definition) is 4. The Morgan fingerprint density at radius 3 is 3.15 bits per heavy atom. The second kappa shape index (κ2) is 6.13. The highest BCUT2D eigenvalue weighted by Crippen LogP contribution is 2.25. The molecule has 2 aromatic heterocycles. The first-order valence-electron chi connectivity index (χ1n) is 6.89. The molecule has 0 N–H and O–H groups in total. The van der Waals surface area contributed by atoms with Crippen LogP contribution in [0.3, 0.4) is 0 Å². The van der Waals surface area contributed by atoms with E-state index in [-0.39, 0.29) is 5.91 Å². The summed E-state index contributed by atoms with van der Waals surface area (Å²) >= 11 is 1.64. The molecule has 1 unspecified atom stereocenters. The lowest BCUT2D eigenvalue weighted by molar-refractivity contribution is -0.131. The first kappa shape index (κ1) is 13.2. The first-order valence-corrected chi connectivity index (χ1v) is 7.77. The maximum atomic E-state index is 12.3. The van der Waals surface area contributed by atoms with Gasteiger partial charge in [0.2, 0.25) is 5.91 Å². The number of carbonyl (C=O) groups is 1. The molecule has 0 radical (unpaired) electrons. The van der Waals surface area contributed by atoms with Gasteiger partial charge in [0.05, 0.1) is 6.42 Å². The van der Waals surface area contributed by atoms with Crippen molar-refractivity contribution in [1.82, 2.24) is 14.9 Å². The normalized spacial score (nSPS) is 19.0. The average Bonchev–Trinajstić information content (AvgIpc) is 3.01. The molecule has 0 aliphatic carbocycles. The Hall–Kier alpha value is -1.75. The molecule has 104 valence electrons. The van der Waals surface area contributed by atoms with E-state index in [0.29, 0.717) is 12.3 Å². The van der Waals surface area contributed by atoms with Crippen LogP contribution in [0.1, 0.15) is 29.3 Å². The summed E-state index contributed by atoms with van der Waals surface area (Å²) in [6.45, 7) is 1.65. The maximum absolute atomic E-state index is 12.3. The molecular weight excluding hydrogens is 270 g/mol. The van der Waals surface area contributed by atoms with E-state index in [4.69, 9.17) is 0 Å². The van der Waals surface area contributed by atoms with E-state index in [1.807, 2.05) is 28.5 Å². The van der Waals surface area contributed by atoms with Crippen molar-refractivity contribution in [3.63, 3.8) is 0 Å². The lowest BCUT2D eigenvalue weighted by atomic mass is 9.94. The third-order valence-electron chi connectivity index (χ3n) is 3.70. The van der Waals surface area contributed by atoms with Crippen LogP contribution >= 0.6 is 11.3 Å². The van der Waals surface area contributed by atoms with Crippen molar-refractivity contribution in [1.29, 1.82) is 0 Å². The van der Waals surface area contributed by atoms with Gasteiger partial charge in [-0.1, -0.05) is 6.07 Å². The van der Waals surface area contributed by atoms with Crippen LogP contribution in [-0.2, 0) is 11.2 Å². The third kappa shape index (κ3) is 3.04. The summed E-state index contributed by atoms with van der Waals surface area (Å²) < 4.78 is 0. The molecule has 1 aliphatic rings. The smallest absolute Gasteiger partial charge is 0.227 e. The van der Waals surface area contributed by atoms with Gasteiger partial charge in [-0.3, -0.25) is 4.79 Å². The number of thiophene rings is 1. The molecule has 2 aromatic rings. The molecule has 0 aromatic carbocycles. The monoisotopic (exact) mass is 287 g/mol. The van der Waals surface area contributed by atoms with Gasteiger partial charge in [0.15, 0.2) is 0 Å². The highest BCUT2D eigenvalue weighted by atomic mass is 32.1. The Morgan fingerprint density at radius 1 is 1.45 bits per heavy atom. The van der Waals surface area contributed by atoms with Gasteiger partial charge in [-0.15, -0.1) is 11.3 Å². The summed E-state index contributed by atoms with van der Waals surface area (Å²) in [4.78, 5) is 23.7. The summed E-state index contributed by atoms with van der Waals surface area (Å²) in [6.07, 6.45) is 6.02. The zero-order chi connectivity index (χ0) is 13.8. The van der Waals surface area contributed by atoms with Crippen molar-refractivity contribution < 1.29 is 4.79 Å². The molecule has 3 rings (SSSR count). The van der Waals surface area contributed by atoms with Gasteiger partial charge in [-0.05, 0) is 30.4 Å². The number of nitrogens with zero attached hydrogens (tertiary/aromatic N) is 3. The van der Waals surface area contributed by atoms with E-state index in [1.54, 1.807) is 23.9 Å². The van der Waals surface area contributed by atoms with Gasteiger partial charge in [-0.2, -0.15) is 0 Å². The van der Waals surface area contributed by atoms with Crippen molar-refractivity contribution in [2.24, 2.45) is 0 Å². The van der Waals surface area contributed by atoms with Gasteiger partial charge in [0.25, 0.3) is 0 Å². The van der Waals surface area contributed by atoms with E-state index in [9.17, 15) is 4.79 Å². The van der Waals surface area contributed by atoms with Crippen molar-refractivity contribution in [3.8, 4) is 0 Å². The predicted molar refractivity (Wildman–Crippen MR) is 78.6 cm³/mol. The fourth-order valence-electron chi connectivity index (χ4n) is 2.66. The SMILES string of the molecule is O=C(Cc1cccs1)N1CCCC(c2ccncn2)C1. The van der Waals surface area contributed by atoms with E-state index >= 15 is 0 Å². The Kier molecular flexibility index (Phi) is 4.06. The zero-order valence-electron chi connectivity index (χ0n) is 11.2. The number of hydrogen-bond donors (Lipinski definition) is 0. The molecule has 0 saturated carbocycles. The number of piperidine rings is 1. The van der Waals surface area contributed by atoms with Crippen LogP contribution in [0.4, 0.5) is 0 Å². The number of likely N-dealkylation sites (tertiary alicyclic amines) is 1. The largest absolute Gasteiger partial charge is 0.342 e. The fourth-order valence-corrected chi connectivity index (χ4v) is 3.36. The summed E-state index contributed by atoms with van der Waals surface area (Å²) in [5.74, 6) is 0.574. The van der Waals surface area contributed by atoms with Crippen LogP contribution in [0.15, 0.2) is 36.1 Å². The van der Waals surface area contributed by atoms with Crippen molar-refractivity contribution in [2.45, 2.75) is 25.2 Å². The zero-order valence-corrected chi connectivity index (χ0v) is 12.1. The van der Waals surface area contributed by atoms with Crippen molar-refractivity contribution in [2.75, 3.05) is 13.1 Å².